The summed E-state index contributed by atoms with van der Waals surface area (Å²) in [6.07, 6.45) is -0.428. The Kier molecular flexibility index (Phi) is 12.5. The van der Waals surface area contributed by atoms with Crippen molar-refractivity contribution in [1.29, 1.82) is 0 Å². The fourth-order valence-electron chi connectivity index (χ4n) is 3.11. The van der Waals surface area contributed by atoms with E-state index in [1.54, 1.807) is 7.05 Å². The van der Waals surface area contributed by atoms with E-state index in [2.05, 4.69) is 38.0 Å². The molecule has 0 radical (unpaired) electrons. The molecular formula is C21H35ClIN5O3. The summed E-state index contributed by atoms with van der Waals surface area (Å²) in [5.41, 5.74) is 0.682. The normalized spacial score (nSPS) is 16.1. The lowest BCUT2D eigenvalue weighted by molar-refractivity contribution is 0.0170. The third-order valence-corrected chi connectivity index (χ3v) is 4.77. The second-order valence-electron chi connectivity index (χ2n) is 8.02. The summed E-state index contributed by atoms with van der Waals surface area (Å²) < 4.78 is 10.7. The number of hydrogen-bond donors (Lipinski definition) is 3. The molecule has 1 unspecified atom stereocenters. The van der Waals surface area contributed by atoms with Gasteiger partial charge in [-0.1, -0.05) is 23.7 Å². The van der Waals surface area contributed by atoms with E-state index < -0.39 is 11.7 Å². The molecule has 1 aliphatic heterocycles. The Morgan fingerprint density at radius 2 is 1.77 bits per heavy atom. The number of carbonyl (C=O) groups excluding carboxylic acids is 1. The summed E-state index contributed by atoms with van der Waals surface area (Å²) in [5.74, 6) is 0.674. The number of nitrogens with zero attached hydrogens (tertiary/aromatic N) is 2. The maximum absolute atomic E-state index is 11.7. The summed E-state index contributed by atoms with van der Waals surface area (Å²) in [6.45, 7) is 10.4. The molecule has 1 heterocycles. The predicted molar refractivity (Wildman–Crippen MR) is 136 cm³/mol. The second-order valence-corrected chi connectivity index (χ2v) is 8.46. The highest BCUT2D eigenvalue weighted by atomic mass is 127. The van der Waals surface area contributed by atoms with Crippen molar-refractivity contribution >= 4 is 47.6 Å². The van der Waals surface area contributed by atoms with Crippen LogP contribution in [0, 0.1) is 0 Å². The van der Waals surface area contributed by atoms with E-state index in [0.29, 0.717) is 25.6 Å². The average Bonchev–Trinajstić information content (AvgIpc) is 2.70. The number of amides is 1. The Bertz CT molecular complexity index is 691. The topological polar surface area (TPSA) is 87.2 Å². The quantitative estimate of drug-likeness (QED) is 0.203. The average molecular weight is 568 g/mol. The fourth-order valence-corrected chi connectivity index (χ4v) is 3.23. The summed E-state index contributed by atoms with van der Waals surface area (Å²) in [6, 6.07) is 8.12. The highest BCUT2D eigenvalue weighted by Crippen LogP contribution is 2.23. The van der Waals surface area contributed by atoms with Gasteiger partial charge < -0.3 is 25.4 Å². The van der Waals surface area contributed by atoms with Crippen LogP contribution in [0.5, 0.6) is 0 Å². The van der Waals surface area contributed by atoms with E-state index in [-0.39, 0.29) is 30.0 Å². The standard InChI is InChI=1S/C21H34ClN5O3.HI/c1-21(2,3)30-20(28)25-10-9-24-19(23-4)26-15-18(27-11-13-29-14-12-27)16-5-7-17(22)8-6-16;/h5-8,18H,9-15H2,1-4H3,(H,25,28)(H2,23,24,26);1H. The van der Waals surface area contributed by atoms with E-state index in [4.69, 9.17) is 21.1 Å². The molecule has 0 bridgehead atoms. The van der Waals surface area contributed by atoms with Crippen molar-refractivity contribution in [1.82, 2.24) is 20.9 Å². The van der Waals surface area contributed by atoms with Gasteiger partial charge in [0.05, 0.1) is 19.3 Å². The smallest absolute Gasteiger partial charge is 0.407 e. The van der Waals surface area contributed by atoms with Crippen molar-refractivity contribution in [2.45, 2.75) is 32.4 Å². The maximum Gasteiger partial charge on any atom is 0.407 e. The molecule has 1 saturated heterocycles. The predicted octanol–water partition coefficient (Wildman–Crippen LogP) is 3.02. The van der Waals surface area contributed by atoms with Gasteiger partial charge in [-0.15, -0.1) is 24.0 Å². The van der Waals surface area contributed by atoms with Crippen LogP contribution in [0.2, 0.25) is 5.02 Å². The van der Waals surface area contributed by atoms with Crippen LogP contribution in [0.15, 0.2) is 29.3 Å². The van der Waals surface area contributed by atoms with Gasteiger partial charge in [-0.25, -0.2) is 4.79 Å². The van der Waals surface area contributed by atoms with Crippen LogP contribution in [-0.4, -0.2) is 75.5 Å². The van der Waals surface area contributed by atoms with E-state index in [9.17, 15) is 4.79 Å². The van der Waals surface area contributed by atoms with Gasteiger partial charge in [-0.3, -0.25) is 9.89 Å². The van der Waals surface area contributed by atoms with Gasteiger partial charge in [0.1, 0.15) is 5.60 Å². The van der Waals surface area contributed by atoms with Gasteiger partial charge >= 0.3 is 6.09 Å². The number of aliphatic imine (C=N–C) groups is 1. The van der Waals surface area contributed by atoms with Crippen LogP contribution in [0.4, 0.5) is 4.79 Å². The lowest BCUT2D eigenvalue weighted by Gasteiger charge is -2.35. The molecule has 2 rings (SSSR count). The third kappa shape index (κ3) is 10.7. The number of halogens is 2. The van der Waals surface area contributed by atoms with Crippen LogP contribution in [-0.2, 0) is 9.47 Å². The Balaban J connectivity index is 0.00000480. The summed E-state index contributed by atoms with van der Waals surface area (Å²) in [4.78, 5) is 18.4. The van der Waals surface area contributed by atoms with Crippen molar-refractivity contribution in [2.75, 3.05) is 53.0 Å². The number of hydrogen-bond acceptors (Lipinski definition) is 5. The Labute approximate surface area is 207 Å². The first-order chi connectivity index (χ1) is 14.3. The van der Waals surface area contributed by atoms with E-state index in [1.165, 1.54) is 5.56 Å². The molecule has 0 spiro atoms. The molecule has 10 heteroatoms. The van der Waals surface area contributed by atoms with E-state index in [0.717, 1.165) is 31.3 Å². The molecule has 176 valence electrons. The molecule has 0 aliphatic carbocycles. The summed E-state index contributed by atoms with van der Waals surface area (Å²) in [7, 11) is 1.72. The number of morpholine rings is 1. The number of ether oxygens (including phenoxy) is 2. The lowest BCUT2D eigenvalue weighted by Crippen LogP contribution is -2.47. The van der Waals surface area contributed by atoms with Gasteiger partial charge in [0.25, 0.3) is 0 Å². The SMILES string of the molecule is CN=C(NCCNC(=O)OC(C)(C)C)NCC(c1ccc(Cl)cc1)N1CCOCC1.I. The van der Waals surface area contributed by atoms with Crippen molar-refractivity contribution < 1.29 is 14.3 Å². The molecule has 3 N–H and O–H groups in total. The number of rotatable bonds is 7. The number of nitrogens with one attached hydrogen (secondary N) is 3. The molecule has 0 aromatic heterocycles. The minimum Gasteiger partial charge on any atom is -0.444 e. The molecule has 1 aromatic rings. The van der Waals surface area contributed by atoms with Crippen molar-refractivity contribution in [3.63, 3.8) is 0 Å². The van der Waals surface area contributed by atoms with Crippen LogP contribution in [0.1, 0.15) is 32.4 Å². The van der Waals surface area contributed by atoms with Gasteiger partial charge in [0.2, 0.25) is 0 Å². The maximum atomic E-state index is 11.7. The van der Waals surface area contributed by atoms with Crippen molar-refractivity contribution in [3.05, 3.63) is 34.9 Å². The third-order valence-electron chi connectivity index (χ3n) is 4.51. The monoisotopic (exact) mass is 567 g/mol. The van der Waals surface area contributed by atoms with Crippen LogP contribution in [0.3, 0.4) is 0 Å². The number of carbonyl (C=O) groups is 1. The highest BCUT2D eigenvalue weighted by Gasteiger charge is 2.23. The van der Waals surface area contributed by atoms with Crippen LogP contribution in [0.25, 0.3) is 0 Å². The second kappa shape index (κ2) is 14.0. The fraction of sp³-hybridized carbons (Fsp3) is 0.619. The molecule has 1 aromatic carbocycles. The largest absolute Gasteiger partial charge is 0.444 e. The minimum absolute atomic E-state index is 0. The van der Waals surface area contributed by atoms with Crippen LogP contribution >= 0.6 is 35.6 Å². The summed E-state index contributed by atoms with van der Waals surface area (Å²) >= 11 is 6.06. The number of guanidine groups is 1. The first-order valence-electron chi connectivity index (χ1n) is 10.3. The molecule has 0 saturated carbocycles. The van der Waals surface area contributed by atoms with Gasteiger partial charge in [-0.05, 0) is 38.5 Å². The molecule has 1 aliphatic rings. The lowest BCUT2D eigenvalue weighted by atomic mass is 10.0. The molecule has 1 fully saturated rings. The Morgan fingerprint density at radius 3 is 2.35 bits per heavy atom. The van der Waals surface area contributed by atoms with Crippen molar-refractivity contribution in [3.8, 4) is 0 Å². The minimum atomic E-state index is -0.509. The van der Waals surface area contributed by atoms with Crippen LogP contribution < -0.4 is 16.0 Å². The Morgan fingerprint density at radius 1 is 1.16 bits per heavy atom. The zero-order chi connectivity index (χ0) is 22.0. The van der Waals surface area contributed by atoms with Gasteiger partial charge in [-0.2, -0.15) is 0 Å². The zero-order valence-electron chi connectivity index (χ0n) is 18.7. The molecule has 1 atom stereocenters. The molecule has 31 heavy (non-hydrogen) atoms. The highest BCUT2D eigenvalue weighted by molar-refractivity contribution is 14.0. The molecule has 8 nitrogen and oxygen atoms in total. The number of alkyl carbamates (subject to hydrolysis) is 1. The zero-order valence-corrected chi connectivity index (χ0v) is 21.8. The first kappa shape index (κ1) is 27.7. The number of benzene rings is 1. The molecular weight excluding hydrogens is 533 g/mol. The van der Waals surface area contributed by atoms with E-state index >= 15 is 0 Å². The molecule has 1 amide bonds. The van der Waals surface area contributed by atoms with E-state index in [1.807, 2.05) is 32.9 Å². The van der Waals surface area contributed by atoms with Gasteiger partial charge in [0.15, 0.2) is 5.96 Å². The van der Waals surface area contributed by atoms with Gasteiger partial charge in [0, 0.05) is 44.8 Å². The Hall–Kier alpha value is -1.30. The first-order valence-corrected chi connectivity index (χ1v) is 10.6. The van der Waals surface area contributed by atoms with Crippen molar-refractivity contribution in [2.24, 2.45) is 4.99 Å². The summed E-state index contributed by atoms with van der Waals surface area (Å²) in [5, 5.41) is 10.0.